The Kier molecular flexibility index (Phi) is 4.63. The third-order valence-corrected chi connectivity index (χ3v) is 3.44. The van der Waals surface area contributed by atoms with Crippen molar-refractivity contribution in [3.63, 3.8) is 0 Å². The number of amides is 1. The summed E-state index contributed by atoms with van der Waals surface area (Å²) >= 11 is 11.8. The second kappa shape index (κ2) is 6.25. The molecule has 2 nitrogen and oxygen atoms in total. The van der Waals surface area contributed by atoms with Gasteiger partial charge in [0.15, 0.2) is 0 Å². The van der Waals surface area contributed by atoms with Gasteiger partial charge in [0.1, 0.15) is 5.82 Å². The van der Waals surface area contributed by atoms with Gasteiger partial charge < -0.3 is 5.32 Å². The van der Waals surface area contributed by atoms with Crippen molar-refractivity contribution in [3.8, 4) is 0 Å². The molecule has 1 amide bonds. The van der Waals surface area contributed by atoms with Crippen molar-refractivity contribution < 1.29 is 9.18 Å². The molecule has 1 atom stereocenters. The van der Waals surface area contributed by atoms with Gasteiger partial charge in [0.05, 0.1) is 16.6 Å². The molecule has 2 rings (SSSR count). The quantitative estimate of drug-likeness (QED) is 0.880. The Morgan fingerprint density at radius 2 is 1.80 bits per heavy atom. The summed E-state index contributed by atoms with van der Waals surface area (Å²) in [7, 11) is 0. The number of nitrogens with one attached hydrogen (secondary N) is 1. The van der Waals surface area contributed by atoms with Crippen molar-refractivity contribution in [3.05, 3.63) is 69.5 Å². The lowest BCUT2D eigenvalue weighted by Gasteiger charge is -2.15. The van der Waals surface area contributed by atoms with Crippen molar-refractivity contribution >= 4 is 29.1 Å². The average Bonchev–Trinajstić information content (AvgIpc) is 2.39. The van der Waals surface area contributed by atoms with Crippen LogP contribution >= 0.6 is 23.2 Å². The first kappa shape index (κ1) is 14.8. The van der Waals surface area contributed by atoms with Gasteiger partial charge in [-0.1, -0.05) is 35.3 Å². The Hall–Kier alpha value is -1.58. The van der Waals surface area contributed by atoms with E-state index in [9.17, 15) is 9.18 Å². The highest BCUT2D eigenvalue weighted by Gasteiger charge is 2.14. The summed E-state index contributed by atoms with van der Waals surface area (Å²) in [6, 6.07) is 10.4. The Bertz CT molecular complexity index is 628. The second-order valence-electron chi connectivity index (χ2n) is 4.37. The first-order chi connectivity index (χ1) is 9.47. The van der Waals surface area contributed by atoms with Gasteiger partial charge in [-0.3, -0.25) is 4.79 Å². The monoisotopic (exact) mass is 311 g/mol. The minimum absolute atomic E-state index is 0.255. The van der Waals surface area contributed by atoms with Gasteiger partial charge in [-0.2, -0.15) is 0 Å². The molecule has 0 fully saturated rings. The summed E-state index contributed by atoms with van der Waals surface area (Å²) in [5.41, 5.74) is 1.16. The maximum atomic E-state index is 12.9. The van der Waals surface area contributed by atoms with Crippen LogP contribution in [0.4, 0.5) is 4.39 Å². The molecule has 0 aliphatic carbocycles. The third kappa shape index (κ3) is 3.50. The van der Waals surface area contributed by atoms with Crippen LogP contribution in [0, 0.1) is 5.82 Å². The molecule has 2 aromatic rings. The largest absolute Gasteiger partial charge is 0.345 e. The molecule has 0 heterocycles. The maximum absolute atomic E-state index is 12.9. The highest BCUT2D eigenvalue weighted by molar-refractivity contribution is 6.36. The van der Waals surface area contributed by atoms with E-state index in [1.165, 1.54) is 18.2 Å². The lowest BCUT2D eigenvalue weighted by atomic mass is 10.1. The van der Waals surface area contributed by atoms with Crippen LogP contribution in [0.25, 0.3) is 0 Å². The van der Waals surface area contributed by atoms with Crippen LogP contribution in [-0.4, -0.2) is 5.91 Å². The van der Waals surface area contributed by atoms with E-state index in [4.69, 9.17) is 23.2 Å². The van der Waals surface area contributed by atoms with E-state index in [1.807, 2.05) is 6.92 Å². The molecule has 1 N–H and O–H groups in total. The Balaban J connectivity index is 2.13. The fraction of sp³-hybridized carbons (Fsp3) is 0.133. The predicted molar refractivity (Wildman–Crippen MR) is 78.7 cm³/mol. The van der Waals surface area contributed by atoms with E-state index in [0.29, 0.717) is 15.6 Å². The van der Waals surface area contributed by atoms with E-state index in [2.05, 4.69) is 5.32 Å². The van der Waals surface area contributed by atoms with Crippen LogP contribution in [0.3, 0.4) is 0 Å². The standard InChI is InChI=1S/C15H12Cl2FNO/c1-9(10-2-5-12(18)6-3-10)19-15(20)13-7-4-11(16)8-14(13)17/h2-9H,1H3,(H,19,20)/t9-/m0/s1. The number of hydrogen-bond donors (Lipinski definition) is 1. The number of halogens is 3. The molecule has 0 saturated carbocycles. The Morgan fingerprint density at radius 3 is 2.40 bits per heavy atom. The molecule has 20 heavy (non-hydrogen) atoms. The zero-order chi connectivity index (χ0) is 14.7. The normalized spacial score (nSPS) is 12.0. The first-order valence-corrected chi connectivity index (χ1v) is 6.74. The maximum Gasteiger partial charge on any atom is 0.253 e. The van der Waals surface area contributed by atoms with Crippen molar-refractivity contribution in [2.45, 2.75) is 13.0 Å². The van der Waals surface area contributed by atoms with Crippen LogP contribution in [-0.2, 0) is 0 Å². The van der Waals surface area contributed by atoms with Crippen LogP contribution < -0.4 is 5.32 Å². The third-order valence-electron chi connectivity index (χ3n) is 2.89. The minimum atomic E-state index is -0.312. The summed E-state index contributed by atoms with van der Waals surface area (Å²) in [6.45, 7) is 1.81. The van der Waals surface area contributed by atoms with Crippen LogP contribution in [0.5, 0.6) is 0 Å². The van der Waals surface area contributed by atoms with Crippen LogP contribution in [0.1, 0.15) is 28.9 Å². The average molecular weight is 312 g/mol. The van der Waals surface area contributed by atoms with Gasteiger partial charge in [-0.25, -0.2) is 4.39 Å². The zero-order valence-electron chi connectivity index (χ0n) is 10.7. The van der Waals surface area contributed by atoms with Crippen LogP contribution in [0.15, 0.2) is 42.5 Å². The highest BCUT2D eigenvalue weighted by Crippen LogP contribution is 2.22. The smallest absolute Gasteiger partial charge is 0.253 e. The van der Waals surface area contributed by atoms with Gasteiger partial charge in [0.2, 0.25) is 0 Å². The predicted octanol–water partition coefficient (Wildman–Crippen LogP) is 4.62. The molecule has 0 radical (unpaired) electrons. The fourth-order valence-electron chi connectivity index (χ4n) is 1.78. The van der Waals surface area contributed by atoms with Crippen LogP contribution in [0.2, 0.25) is 10.0 Å². The number of carbonyl (C=O) groups excluding carboxylic acids is 1. The summed E-state index contributed by atoms with van der Waals surface area (Å²) in [6.07, 6.45) is 0. The van der Waals surface area contributed by atoms with E-state index in [1.54, 1.807) is 24.3 Å². The Labute approximate surface area is 126 Å². The molecule has 0 saturated heterocycles. The number of carbonyl (C=O) groups is 1. The number of benzene rings is 2. The van der Waals surface area contributed by atoms with E-state index < -0.39 is 0 Å². The number of rotatable bonds is 3. The first-order valence-electron chi connectivity index (χ1n) is 5.99. The molecule has 104 valence electrons. The van der Waals surface area contributed by atoms with Gasteiger partial charge in [-0.15, -0.1) is 0 Å². The topological polar surface area (TPSA) is 29.1 Å². The van der Waals surface area contributed by atoms with E-state index in [0.717, 1.165) is 5.56 Å². The molecule has 2 aromatic carbocycles. The molecule has 0 spiro atoms. The SMILES string of the molecule is C[C@H](NC(=O)c1ccc(Cl)cc1Cl)c1ccc(F)cc1. The van der Waals surface area contributed by atoms with Crippen molar-refractivity contribution in [1.29, 1.82) is 0 Å². The van der Waals surface area contributed by atoms with Gasteiger partial charge >= 0.3 is 0 Å². The van der Waals surface area contributed by atoms with Crippen molar-refractivity contribution in [2.24, 2.45) is 0 Å². The van der Waals surface area contributed by atoms with Gasteiger partial charge in [-0.05, 0) is 42.8 Å². The minimum Gasteiger partial charge on any atom is -0.345 e. The van der Waals surface area contributed by atoms with Gasteiger partial charge in [0, 0.05) is 5.02 Å². The number of hydrogen-bond acceptors (Lipinski definition) is 1. The molecule has 0 bridgehead atoms. The fourth-order valence-corrected chi connectivity index (χ4v) is 2.28. The summed E-state index contributed by atoms with van der Waals surface area (Å²) in [5.74, 6) is -0.614. The molecule has 0 aliphatic rings. The summed E-state index contributed by atoms with van der Waals surface area (Å²) < 4.78 is 12.9. The molecular weight excluding hydrogens is 300 g/mol. The van der Waals surface area contributed by atoms with E-state index >= 15 is 0 Å². The molecule has 0 aromatic heterocycles. The van der Waals surface area contributed by atoms with Gasteiger partial charge in [0.25, 0.3) is 5.91 Å². The molecule has 0 aliphatic heterocycles. The lowest BCUT2D eigenvalue weighted by molar-refractivity contribution is 0.0940. The lowest BCUT2D eigenvalue weighted by Crippen LogP contribution is -2.26. The Morgan fingerprint density at radius 1 is 1.15 bits per heavy atom. The van der Waals surface area contributed by atoms with Crippen molar-refractivity contribution in [1.82, 2.24) is 5.32 Å². The molecular formula is C15H12Cl2FNO. The summed E-state index contributed by atoms with van der Waals surface area (Å²) in [5, 5.41) is 3.57. The molecule has 5 heteroatoms. The second-order valence-corrected chi connectivity index (χ2v) is 5.21. The zero-order valence-corrected chi connectivity index (χ0v) is 12.2. The summed E-state index contributed by atoms with van der Waals surface area (Å²) in [4.78, 5) is 12.1. The molecule has 0 unspecified atom stereocenters. The highest BCUT2D eigenvalue weighted by atomic mass is 35.5. The van der Waals surface area contributed by atoms with E-state index in [-0.39, 0.29) is 17.8 Å². The van der Waals surface area contributed by atoms with Crippen molar-refractivity contribution in [2.75, 3.05) is 0 Å².